The van der Waals surface area contributed by atoms with Gasteiger partial charge in [-0.05, 0) is 51.7 Å². The van der Waals surface area contributed by atoms with Crippen molar-refractivity contribution in [2.24, 2.45) is 10.7 Å². The van der Waals surface area contributed by atoms with Gasteiger partial charge in [0.1, 0.15) is 0 Å². The van der Waals surface area contributed by atoms with Crippen molar-refractivity contribution in [3.8, 4) is 0 Å². The number of ether oxygens (including phenoxy) is 1. The number of hydrogen-bond donors (Lipinski definition) is 2. The molecule has 0 spiro atoms. The van der Waals surface area contributed by atoms with Crippen LogP contribution in [0.4, 0.5) is 0 Å². The van der Waals surface area contributed by atoms with Gasteiger partial charge >= 0.3 is 0 Å². The third kappa shape index (κ3) is 8.53. The molecule has 4 nitrogen and oxygen atoms in total. The summed E-state index contributed by atoms with van der Waals surface area (Å²) in [6.45, 7) is 7.48. The number of benzene rings is 1. The fraction of sp³-hybridized carbons (Fsp3) is 0.526. The van der Waals surface area contributed by atoms with Crippen LogP contribution in [-0.4, -0.2) is 36.7 Å². The number of unbranched alkanes of at least 4 members (excludes halogenated alkanes) is 2. The second-order valence-electron chi connectivity index (χ2n) is 6.03. The third-order valence-corrected chi connectivity index (χ3v) is 3.28. The van der Waals surface area contributed by atoms with Crippen LogP contribution in [0.3, 0.4) is 0 Å². The van der Waals surface area contributed by atoms with Crippen LogP contribution >= 0.6 is 0 Å². The molecule has 0 saturated heterocycles. The molecule has 0 fully saturated rings. The largest absolute Gasteiger partial charge is 0.400 e. The molecule has 0 radical (unpaired) electrons. The number of aliphatic imine (C=N–C) groups is 1. The predicted octanol–water partition coefficient (Wildman–Crippen LogP) is 3.21. The average Bonchev–Trinajstić information content (AvgIpc) is 2.50. The lowest BCUT2D eigenvalue weighted by molar-refractivity contribution is 0.148. The Labute approximate surface area is 140 Å². The summed E-state index contributed by atoms with van der Waals surface area (Å²) in [5.41, 5.74) is 9.93. The molecule has 3 N–H and O–H groups in total. The maximum atomic E-state index is 8.72. The molecule has 23 heavy (non-hydrogen) atoms. The molecule has 0 amide bonds. The van der Waals surface area contributed by atoms with Crippen molar-refractivity contribution >= 4 is 5.71 Å². The van der Waals surface area contributed by atoms with E-state index in [4.69, 9.17) is 15.6 Å². The Morgan fingerprint density at radius 1 is 1.22 bits per heavy atom. The van der Waals surface area contributed by atoms with Crippen molar-refractivity contribution < 1.29 is 9.84 Å². The van der Waals surface area contributed by atoms with Crippen LogP contribution < -0.4 is 5.73 Å². The monoisotopic (exact) mass is 318 g/mol. The smallest absolute Gasteiger partial charge is 0.0861 e. The molecule has 1 rings (SSSR count). The Morgan fingerprint density at radius 2 is 1.91 bits per heavy atom. The first-order valence-corrected chi connectivity index (χ1v) is 8.32. The molecule has 1 aromatic carbocycles. The van der Waals surface area contributed by atoms with Gasteiger partial charge in [-0.1, -0.05) is 29.8 Å². The highest BCUT2D eigenvalue weighted by molar-refractivity contribution is 6.09. The molecule has 4 heteroatoms. The standard InChI is InChI=1S/C19H30N2O2/c1-15(2)21-19(17-9-7-16(3)8-10-17)13-18(20)14-23-12-6-4-5-11-22/h7-10,13,15,22H,4-6,11-12,14,20H2,1-3H3/b18-13-,21-19?. The Bertz CT molecular complexity index is 505. The van der Waals surface area contributed by atoms with Crippen molar-refractivity contribution in [1.29, 1.82) is 0 Å². The van der Waals surface area contributed by atoms with E-state index in [1.54, 1.807) is 0 Å². The molecular weight excluding hydrogens is 288 g/mol. The zero-order valence-corrected chi connectivity index (χ0v) is 14.6. The van der Waals surface area contributed by atoms with E-state index in [0.29, 0.717) is 18.9 Å². The van der Waals surface area contributed by atoms with E-state index in [-0.39, 0.29) is 12.6 Å². The van der Waals surface area contributed by atoms with Crippen LogP contribution in [0.25, 0.3) is 0 Å². The number of nitrogens with zero attached hydrogens (tertiary/aromatic N) is 1. The summed E-state index contributed by atoms with van der Waals surface area (Å²) in [5.74, 6) is 0. The number of nitrogens with two attached hydrogens (primary N) is 1. The van der Waals surface area contributed by atoms with Gasteiger partial charge in [0.2, 0.25) is 0 Å². The lowest BCUT2D eigenvalue weighted by Crippen LogP contribution is -2.12. The molecule has 0 aliphatic rings. The van der Waals surface area contributed by atoms with Gasteiger partial charge in [-0.15, -0.1) is 0 Å². The normalized spacial score (nSPS) is 12.9. The quantitative estimate of drug-likeness (QED) is 0.514. The average molecular weight is 318 g/mol. The Morgan fingerprint density at radius 3 is 2.52 bits per heavy atom. The van der Waals surface area contributed by atoms with Crippen LogP contribution in [0, 0.1) is 6.92 Å². The van der Waals surface area contributed by atoms with Gasteiger partial charge in [-0.2, -0.15) is 0 Å². The fourth-order valence-corrected chi connectivity index (χ4v) is 2.10. The summed E-state index contributed by atoms with van der Waals surface area (Å²) in [6.07, 6.45) is 4.65. The van der Waals surface area contributed by atoms with Crippen molar-refractivity contribution in [3.05, 3.63) is 47.2 Å². The molecule has 0 atom stereocenters. The lowest BCUT2D eigenvalue weighted by atomic mass is 10.1. The summed E-state index contributed by atoms with van der Waals surface area (Å²) >= 11 is 0. The van der Waals surface area contributed by atoms with Gasteiger partial charge in [0.15, 0.2) is 0 Å². The first-order valence-electron chi connectivity index (χ1n) is 8.32. The summed E-state index contributed by atoms with van der Waals surface area (Å²) < 4.78 is 5.57. The van der Waals surface area contributed by atoms with E-state index in [2.05, 4.69) is 50.0 Å². The zero-order valence-electron chi connectivity index (χ0n) is 14.6. The molecular formula is C19H30N2O2. The maximum Gasteiger partial charge on any atom is 0.0861 e. The lowest BCUT2D eigenvalue weighted by Gasteiger charge is -2.08. The summed E-state index contributed by atoms with van der Waals surface area (Å²) in [6, 6.07) is 8.49. The van der Waals surface area contributed by atoms with Gasteiger partial charge in [0, 0.05) is 25.0 Å². The van der Waals surface area contributed by atoms with Crippen molar-refractivity contribution in [1.82, 2.24) is 0 Å². The number of aryl methyl sites for hydroxylation is 1. The Kier molecular flexibility index (Phi) is 9.25. The fourth-order valence-electron chi connectivity index (χ4n) is 2.10. The second-order valence-corrected chi connectivity index (χ2v) is 6.03. The summed E-state index contributed by atoms with van der Waals surface area (Å²) in [5, 5.41) is 8.72. The number of aliphatic hydroxyl groups excluding tert-OH is 1. The van der Waals surface area contributed by atoms with Crippen LogP contribution in [0.2, 0.25) is 0 Å². The van der Waals surface area contributed by atoms with Crippen molar-refractivity contribution in [3.63, 3.8) is 0 Å². The van der Waals surface area contributed by atoms with E-state index in [9.17, 15) is 0 Å². The van der Waals surface area contributed by atoms with Crippen LogP contribution in [0.15, 0.2) is 41.0 Å². The number of allylic oxidation sites excluding steroid dienone is 1. The van der Waals surface area contributed by atoms with Gasteiger partial charge in [-0.3, -0.25) is 4.99 Å². The highest BCUT2D eigenvalue weighted by Crippen LogP contribution is 2.08. The molecule has 0 aliphatic heterocycles. The zero-order chi connectivity index (χ0) is 17.1. The number of rotatable bonds is 10. The Balaban J connectivity index is 2.63. The van der Waals surface area contributed by atoms with Crippen LogP contribution in [-0.2, 0) is 4.74 Å². The van der Waals surface area contributed by atoms with Gasteiger partial charge in [0.05, 0.1) is 12.3 Å². The topological polar surface area (TPSA) is 67.8 Å². The Hall–Kier alpha value is -1.65. The van der Waals surface area contributed by atoms with E-state index < -0.39 is 0 Å². The minimum atomic E-state index is 0.203. The minimum Gasteiger partial charge on any atom is -0.400 e. The second kappa shape index (κ2) is 11.0. The van der Waals surface area contributed by atoms with Crippen molar-refractivity contribution in [2.75, 3.05) is 19.8 Å². The number of aliphatic hydroxyl groups is 1. The molecule has 0 unspecified atom stereocenters. The molecule has 0 heterocycles. The highest BCUT2D eigenvalue weighted by atomic mass is 16.5. The minimum absolute atomic E-state index is 0.203. The summed E-state index contributed by atoms with van der Waals surface area (Å²) in [4.78, 5) is 4.66. The van der Waals surface area contributed by atoms with E-state index in [1.165, 1.54) is 5.56 Å². The molecule has 0 aliphatic carbocycles. The van der Waals surface area contributed by atoms with Crippen molar-refractivity contribution in [2.45, 2.75) is 46.1 Å². The molecule has 0 bridgehead atoms. The van der Waals surface area contributed by atoms with E-state index >= 15 is 0 Å². The first-order chi connectivity index (χ1) is 11.0. The number of hydrogen-bond acceptors (Lipinski definition) is 4. The van der Waals surface area contributed by atoms with Gasteiger partial charge < -0.3 is 15.6 Å². The highest BCUT2D eigenvalue weighted by Gasteiger charge is 2.03. The predicted molar refractivity (Wildman–Crippen MR) is 96.9 cm³/mol. The van der Waals surface area contributed by atoms with Crippen LogP contribution in [0.1, 0.15) is 44.2 Å². The van der Waals surface area contributed by atoms with Gasteiger partial charge in [0.25, 0.3) is 0 Å². The van der Waals surface area contributed by atoms with Crippen LogP contribution in [0.5, 0.6) is 0 Å². The third-order valence-electron chi connectivity index (χ3n) is 3.28. The SMILES string of the molecule is Cc1ccc(C(/C=C(\N)COCCCCCO)=NC(C)C)cc1. The molecule has 0 saturated carbocycles. The molecule has 1 aromatic rings. The summed E-state index contributed by atoms with van der Waals surface area (Å²) in [7, 11) is 0. The maximum absolute atomic E-state index is 8.72. The first kappa shape index (κ1) is 19.4. The van der Waals surface area contributed by atoms with Gasteiger partial charge in [-0.25, -0.2) is 0 Å². The van der Waals surface area contributed by atoms with E-state index in [1.807, 2.05) is 6.08 Å². The van der Waals surface area contributed by atoms with E-state index in [0.717, 1.165) is 30.5 Å². The molecule has 0 aromatic heterocycles. The molecule has 128 valence electrons.